The first-order chi connectivity index (χ1) is 11.3. The lowest BCUT2D eigenvalue weighted by Gasteiger charge is -2.19. The summed E-state index contributed by atoms with van der Waals surface area (Å²) in [6.45, 7) is 6.56. The molecule has 6 nitrogen and oxygen atoms in total. The van der Waals surface area contributed by atoms with Gasteiger partial charge in [0.15, 0.2) is 0 Å². The van der Waals surface area contributed by atoms with E-state index in [1.54, 1.807) is 29.9 Å². The molecule has 2 aromatic rings. The Balaban J connectivity index is 1.79. The number of carbonyl (C=O) groups is 2. The van der Waals surface area contributed by atoms with E-state index in [0.29, 0.717) is 5.69 Å². The zero-order valence-electron chi connectivity index (χ0n) is 14.4. The number of hydrogen-bond acceptors (Lipinski definition) is 3. The van der Waals surface area contributed by atoms with Gasteiger partial charge in [-0.2, -0.15) is 0 Å². The average molecular weight is 329 g/mol. The van der Waals surface area contributed by atoms with Crippen molar-refractivity contribution in [1.29, 1.82) is 0 Å². The average Bonchev–Trinajstić information content (AvgIpc) is 2.96. The monoisotopic (exact) mass is 329 g/mol. The van der Waals surface area contributed by atoms with E-state index < -0.39 is 12.0 Å². The third kappa shape index (κ3) is 4.62. The molecule has 0 aliphatic heterocycles. The van der Waals surface area contributed by atoms with Crippen molar-refractivity contribution in [3.63, 3.8) is 0 Å². The van der Waals surface area contributed by atoms with Gasteiger partial charge in [-0.3, -0.25) is 10.2 Å². The lowest BCUT2D eigenvalue weighted by molar-refractivity contribution is 0.0897. The minimum Gasteiger partial charge on any atom is -0.443 e. The number of carbonyl (C=O) groups excluding carboxylic acids is 2. The Hall–Kier alpha value is -2.76. The van der Waals surface area contributed by atoms with Gasteiger partial charge in [0.2, 0.25) is 0 Å². The van der Waals surface area contributed by atoms with Crippen molar-refractivity contribution in [3.8, 4) is 0 Å². The van der Waals surface area contributed by atoms with E-state index in [9.17, 15) is 9.59 Å². The maximum Gasteiger partial charge on any atom is 0.426 e. The molecule has 0 unspecified atom stereocenters. The maximum absolute atomic E-state index is 11.8. The predicted molar refractivity (Wildman–Crippen MR) is 91.3 cm³/mol. The van der Waals surface area contributed by atoms with Crippen LogP contribution < -0.4 is 10.9 Å². The summed E-state index contributed by atoms with van der Waals surface area (Å²) in [5, 5.41) is 0. The highest BCUT2D eigenvalue weighted by Crippen LogP contribution is 2.22. The number of hydrogen-bond donors (Lipinski definition) is 2. The molecular formula is C18H23N3O3. The van der Waals surface area contributed by atoms with Crippen molar-refractivity contribution < 1.29 is 14.3 Å². The normalized spacial score (nSPS) is 11.0. The molecule has 1 aromatic carbocycles. The summed E-state index contributed by atoms with van der Waals surface area (Å²) >= 11 is 0. The Bertz CT molecular complexity index is 712. The van der Waals surface area contributed by atoms with Crippen LogP contribution in [0.5, 0.6) is 0 Å². The largest absolute Gasteiger partial charge is 0.443 e. The lowest BCUT2D eigenvalue weighted by atomic mass is 9.87. The standard InChI is InChI=1S/C18H23N3O3/c1-18(2,3)14-9-7-13(8-10-14)12-24-17(23)20-19-16(22)15-6-5-11-21(15)4/h5-11H,12H2,1-4H3,(H,19,22)(H,20,23). The first-order valence-corrected chi connectivity index (χ1v) is 7.71. The predicted octanol–water partition coefficient (Wildman–Crippen LogP) is 2.89. The summed E-state index contributed by atoms with van der Waals surface area (Å²) in [6, 6.07) is 11.3. The van der Waals surface area contributed by atoms with E-state index in [1.807, 2.05) is 24.3 Å². The highest BCUT2D eigenvalue weighted by Gasteiger charge is 2.13. The first-order valence-electron chi connectivity index (χ1n) is 7.71. The fourth-order valence-corrected chi connectivity index (χ4v) is 2.15. The van der Waals surface area contributed by atoms with Crippen LogP contribution in [-0.4, -0.2) is 16.6 Å². The molecule has 6 heteroatoms. The quantitative estimate of drug-likeness (QED) is 0.851. The van der Waals surface area contributed by atoms with Gasteiger partial charge in [0.25, 0.3) is 5.91 Å². The summed E-state index contributed by atoms with van der Waals surface area (Å²) in [5.74, 6) is -0.408. The lowest BCUT2D eigenvalue weighted by Crippen LogP contribution is -2.42. The van der Waals surface area contributed by atoms with Crippen molar-refractivity contribution in [1.82, 2.24) is 15.4 Å². The maximum atomic E-state index is 11.8. The number of nitrogens with zero attached hydrogens (tertiary/aromatic N) is 1. The zero-order valence-corrected chi connectivity index (χ0v) is 14.4. The summed E-state index contributed by atoms with van der Waals surface area (Å²) in [7, 11) is 1.74. The van der Waals surface area contributed by atoms with Crippen LogP contribution >= 0.6 is 0 Å². The number of amides is 2. The number of ether oxygens (including phenoxy) is 1. The number of benzene rings is 1. The fraction of sp³-hybridized carbons (Fsp3) is 0.333. The molecule has 0 aliphatic carbocycles. The van der Waals surface area contributed by atoms with Gasteiger partial charge >= 0.3 is 6.09 Å². The van der Waals surface area contributed by atoms with Gasteiger partial charge in [0.05, 0.1) is 0 Å². The molecule has 128 valence electrons. The zero-order chi connectivity index (χ0) is 17.7. The summed E-state index contributed by atoms with van der Waals surface area (Å²) in [4.78, 5) is 23.5. The van der Waals surface area contributed by atoms with Crippen LogP contribution in [0.25, 0.3) is 0 Å². The Morgan fingerprint density at radius 1 is 1.08 bits per heavy atom. The van der Waals surface area contributed by atoms with E-state index in [1.165, 1.54) is 5.56 Å². The molecule has 0 radical (unpaired) electrons. The molecule has 2 rings (SSSR count). The van der Waals surface area contributed by atoms with Gasteiger partial charge in [0.1, 0.15) is 12.3 Å². The smallest absolute Gasteiger partial charge is 0.426 e. The van der Waals surface area contributed by atoms with Crippen LogP contribution in [0.1, 0.15) is 42.4 Å². The van der Waals surface area contributed by atoms with Crippen LogP contribution in [0.15, 0.2) is 42.6 Å². The molecule has 0 spiro atoms. The van der Waals surface area contributed by atoms with Gasteiger partial charge in [0, 0.05) is 13.2 Å². The highest BCUT2D eigenvalue weighted by molar-refractivity contribution is 5.93. The minimum atomic E-state index is -0.711. The fourth-order valence-electron chi connectivity index (χ4n) is 2.15. The molecule has 0 bridgehead atoms. The van der Waals surface area contributed by atoms with Crippen molar-refractivity contribution >= 4 is 12.0 Å². The van der Waals surface area contributed by atoms with Crippen molar-refractivity contribution in [2.45, 2.75) is 32.8 Å². The van der Waals surface area contributed by atoms with Crippen LogP contribution in [0.2, 0.25) is 0 Å². The molecular weight excluding hydrogens is 306 g/mol. The Morgan fingerprint density at radius 3 is 2.29 bits per heavy atom. The second-order valence-corrected chi connectivity index (χ2v) is 6.61. The number of aryl methyl sites for hydroxylation is 1. The van der Waals surface area contributed by atoms with Gasteiger partial charge in [-0.25, -0.2) is 10.2 Å². The van der Waals surface area contributed by atoms with Crippen molar-refractivity contribution in [3.05, 3.63) is 59.4 Å². The molecule has 0 atom stereocenters. The SMILES string of the molecule is Cn1cccc1C(=O)NNC(=O)OCc1ccc(C(C)(C)C)cc1. The molecule has 2 amide bonds. The molecule has 0 fully saturated rings. The van der Waals surface area contributed by atoms with E-state index in [0.717, 1.165) is 5.56 Å². The number of aromatic nitrogens is 1. The molecule has 0 aliphatic rings. The van der Waals surface area contributed by atoms with Gasteiger partial charge < -0.3 is 9.30 Å². The van der Waals surface area contributed by atoms with Gasteiger partial charge in [-0.05, 0) is 28.7 Å². The first kappa shape index (κ1) is 17.6. The number of nitrogens with one attached hydrogen (secondary N) is 2. The molecule has 24 heavy (non-hydrogen) atoms. The summed E-state index contributed by atoms with van der Waals surface area (Å²) < 4.78 is 6.73. The molecule has 1 heterocycles. The Morgan fingerprint density at radius 2 is 1.75 bits per heavy atom. The molecule has 1 aromatic heterocycles. The van der Waals surface area contributed by atoms with E-state index in [4.69, 9.17) is 4.74 Å². The second kappa shape index (κ2) is 7.21. The highest BCUT2D eigenvalue weighted by atomic mass is 16.6. The molecule has 0 saturated carbocycles. The van der Waals surface area contributed by atoms with E-state index >= 15 is 0 Å². The van der Waals surface area contributed by atoms with Gasteiger partial charge in [-0.15, -0.1) is 0 Å². The molecule has 0 saturated heterocycles. The summed E-state index contributed by atoms with van der Waals surface area (Å²) in [6.07, 6.45) is 1.03. The van der Waals surface area contributed by atoms with Crippen LogP contribution in [0, 0.1) is 0 Å². The molecule has 2 N–H and O–H groups in total. The van der Waals surface area contributed by atoms with Crippen LogP contribution in [-0.2, 0) is 23.8 Å². The Kier molecular flexibility index (Phi) is 5.28. The van der Waals surface area contributed by atoms with Crippen LogP contribution in [0.3, 0.4) is 0 Å². The van der Waals surface area contributed by atoms with Gasteiger partial charge in [-0.1, -0.05) is 45.0 Å². The van der Waals surface area contributed by atoms with E-state index in [2.05, 4.69) is 31.6 Å². The third-order valence-corrected chi connectivity index (χ3v) is 3.64. The Labute approximate surface area is 141 Å². The number of hydrazine groups is 1. The van der Waals surface area contributed by atoms with Crippen molar-refractivity contribution in [2.24, 2.45) is 7.05 Å². The van der Waals surface area contributed by atoms with E-state index in [-0.39, 0.29) is 12.0 Å². The topological polar surface area (TPSA) is 72.4 Å². The third-order valence-electron chi connectivity index (χ3n) is 3.64. The minimum absolute atomic E-state index is 0.0813. The van der Waals surface area contributed by atoms with Crippen molar-refractivity contribution in [2.75, 3.05) is 0 Å². The summed E-state index contributed by atoms with van der Waals surface area (Å²) in [5.41, 5.74) is 7.15. The van der Waals surface area contributed by atoms with Crippen LogP contribution in [0.4, 0.5) is 4.79 Å². The second-order valence-electron chi connectivity index (χ2n) is 6.61. The number of rotatable bonds is 3.